The third-order valence-electron chi connectivity index (χ3n) is 2.14. The van der Waals surface area contributed by atoms with Gasteiger partial charge in [-0.2, -0.15) is 0 Å². The molecule has 1 aromatic carbocycles. The van der Waals surface area contributed by atoms with Gasteiger partial charge in [-0.25, -0.2) is 0 Å². The summed E-state index contributed by atoms with van der Waals surface area (Å²) < 4.78 is 0. The molecule has 0 fully saturated rings. The Bertz CT molecular complexity index is 325. The van der Waals surface area contributed by atoms with Crippen molar-refractivity contribution >= 4 is 17.5 Å². The van der Waals surface area contributed by atoms with E-state index in [1.54, 1.807) is 18.0 Å². The van der Waals surface area contributed by atoms with E-state index in [0.717, 1.165) is 12.1 Å². The molecule has 0 saturated heterocycles. The van der Waals surface area contributed by atoms with E-state index in [4.69, 9.17) is 11.6 Å². The number of carbonyl (C=O) groups is 1. The molecule has 0 aliphatic carbocycles. The van der Waals surface area contributed by atoms with E-state index >= 15 is 0 Å². The van der Waals surface area contributed by atoms with Crippen molar-refractivity contribution in [2.45, 2.75) is 13.3 Å². The normalized spacial score (nSPS) is 9.93. The van der Waals surface area contributed by atoms with Gasteiger partial charge in [0.1, 0.15) is 0 Å². The van der Waals surface area contributed by atoms with Crippen LogP contribution in [-0.4, -0.2) is 24.4 Å². The lowest BCUT2D eigenvalue weighted by atomic mass is 10.1. The summed E-state index contributed by atoms with van der Waals surface area (Å²) in [6.45, 7) is 2.69. The van der Waals surface area contributed by atoms with Gasteiger partial charge in [0.15, 0.2) is 0 Å². The summed E-state index contributed by atoms with van der Waals surface area (Å²) in [7, 11) is 1.80. The van der Waals surface area contributed by atoms with E-state index in [-0.39, 0.29) is 5.91 Å². The highest BCUT2D eigenvalue weighted by Crippen LogP contribution is 2.11. The fraction of sp³-hybridized carbons (Fsp3) is 0.364. The Morgan fingerprint density at radius 3 is 2.79 bits per heavy atom. The molecule has 76 valence electrons. The van der Waals surface area contributed by atoms with Crippen molar-refractivity contribution in [2.75, 3.05) is 13.6 Å². The van der Waals surface area contributed by atoms with Gasteiger partial charge in [-0.15, -0.1) is 0 Å². The molecule has 3 heteroatoms. The number of halogens is 1. The van der Waals surface area contributed by atoms with Gasteiger partial charge in [-0.1, -0.05) is 23.7 Å². The zero-order valence-corrected chi connectivity index (χ0v) is 9.21. The fourth-order valence-electron chi connectivity index (χ4n) is 1.13. The number of nitrogens with zero attached hydrogens (tertiary/aromatic N) is 1. The first-order chi connectivity index (χ1) is 6.63. The SMILES string of the molecule is CCN(C)C(=O)Cc1cccc(Cl)c1. The van der Waals surface area contributed by atoms with E-state index in [9.17, 15) is 4.79 Å². The number of likely N-dealkylation sites (N-methyl/N-ethyl adjacent to an activating group) is 1. The molecule has 1 amide bonds. The van der Waals surface area contributed by atoms with Crippen LogP contribution in [0.1, 0.15) is 12.5 Å². The van der Waals surface area contributed by atoms with Gasteiger partial charge < -0.3 is 4.90 Å². The van der Waals surface area contributed by atoms with Gasteiger partial charge in [-0.05, 0) is 24.6 Å². The Hall–Kier alpha value is -1.02. The Balaban J connectivity index is 2.65. The summed E-state index contributed by atoms with van der Waals surface area (Å²) in [4.78, 5) is 13.2. The van der Waals surface area contributed by atoms with Crippen LogP contribution in [0.5, 0.6) is 0 Å². The van der Waals surface area contributed by atoms with Crippen LogP contribution in [0.25, 0.3) is 0 Å². The second-order valence-electron chi connectivity index (χ2n) is 3.21. The van der Waals surface area contributed by atoms with Crippen LogP contribution in [0.3, 0.4) is 0 Å². The lowest BCUT2D eigenvalue weighted by molar-refractivity contribution is -0.128. The molecule has 2 nitrogen and oxygen atoms in total. The number of rotatable bonds is 3. The van der Waals surface area contributed by atoms with Gasteiger partial charge >= 0.3 is 0 Å². The predicted molar refractivity (Wildman–Crippen MR) is 58.5 cm³/mol. The standard InChI is InChI=1S/C11H14ClNO/c1-3-13(2)11(14)8-9-5-4-6-10(12)7-9/h4-7H,3,8H2,1-2H3. The van der Waals surface area contributed by atoms with Crippen molar-refractivity contribution < 1.29 is 4.79 Å². The zero-order chi connectivity index (χ0) is 10.6. The third kappa shape index (κ3) is 3.04. The van der Waals surface area contributed by atoms with Crippen molar-refractivity contribution in [3.05, 3.63) is 34.9 Å². The maximum absolute atomic E-state index is 11.5. The topological polar surface area (TPSA) is 20.3 Å². The molecule has 0 aromatic heterocycles. The maximum Gasteiger partial charge on any atom is 0.226 e. The average Bonchev–Trinajstić information content (AvgIpc) is 2.16. The minimum atomic E-state index is 0.120. The summed E-state index contributed by atoms with van der Waals surface area (Å²) in [6, 6.07) is 7.40. The third-order valence-corrected chi connectivity index (χ3v) is 2.38. The number of benzene rings is 1. The summed E-state index contributed by atoms with van der Waals surface area (Å²) in [5.41, 5.74) is 0.961. The summed E-state index contributed by atoms with van der Waals surface area (Å²) >= 11 is 5.82. The van der Waals surface area contributed by atoms with Crippen LogP contribution >= 0.6 is 11.6 Å². The van der Waals surface area contributed by atoms with Crippen molar-refractivity contribution in [1.82, 2.24) is 4.90 Å². The van der Waals surface area contributed by atoms with E-state index in [1.807, 2.05) is 25.1 Å². The molecule has 14 heavy (non-hydrogen) atoms. The van der Waals surface area contributed by atoms with E-state index in [2.05, 4.69) is 0 Å². The van der Waals surface area contributed by atoms with Crippen molar-refractivity contribution in [3.8, 4) is 0 Å². The number of carbonyl (C=O) groups excluding carboxylic acids is 1. The summed E-state index contributed by atoms with van der Waals surface area (Å²) in [5.74, 6) is 0.120. The van der Waals surface area contributed by atoms with Crippen LogP contribution in [-0.2, 0) is 11.2 Å². The van der Waals surface area contributed by atoms with Crippen molar-refractivity contribution in [2.24, 2.45) is 0 Å². The number of hydrogen-bond acceptors (Lipinski definition) is 1. The van der Waals surface area contributed by atoms with Crippen LogP contribution in [0.2, 0.25) is 5.02 Å². The highest BCUT2D eigenvalue weighted by atomic mass is 35.5. The molecule has 0 spiro atoms. The lowest BCUT2D eigenvalue weighted by Gasteiger charge is -2.14. The molecule has 0 bridgehead atoms. The highest BCUT2D eigenvalue weighted by Gasteiger charge is 2.07. The van der Waals surface area contributed by atoms with Crippen molar-refractivity contribution in [1.29, 1.82) is 0 Å². The number of amides is 1. The van der Waals surface area contributed by atoms with E-state index < -0.39 is 0 Å². The van der Waals surface area contributed by atoms with Gasteiger partial charge in [0.25, 0.3) is 0 Å². The average molecular weight is 212 g/mol. The molecular weight excluding hydrogens is 198 g/mol. The van der Waals surface area contributed by atoms with Gasteiger partial charge in [0.05, 0.1) is 6.42 Å². The smallest absolute Gasteiger partial charge is 0.226 e. The Kier molecular flexibility index (Phi) is 3.96. The first kappa shape index (κ1) is 11.1. The Morgan fingerprint density at radius 1 is 1.50 bits per heavy atom. The molecule has 0 N–H and O–H groups in total. The minimum Gasteiger partial charge on any atom is -0.346 e. The van der Waals surface area contributed by atoms with Gasteiger partial charge in [-0.3, -0.25) is 4.79 Å². The molecule has 0 unspecified atom stereocenters. The molecule has 0 aliphatic rings. The monoisotopic (exact) mass is 211 g/mol. The van der Waals surface area contributed by atoms with Gasteiger partial charge in [0.2, 0.25) is 5.91 Å². The highest BCUT2D eigenvalue weighted by molar-refractivity contribution is 6.30. The Labute approximate surface area is 89.5 Å². The van der Waals surface area contributed by atoms with E-state index in [1.165, 1.54) is 0 Å². The second-order valence-corrected chi connectivity index (χ2v) is 3.65. The predicted octanol–water partition coefficient (Wildman–Crippen LogP) is 2.36. The minimum absolute atomic E-state index is 0.120. The van der Waals surface area contributed by atoms with Crippen LogP contribution in [0.15, 0.2) is 24.3 Å². The maximum atomic E-state index is 11.5. The zero-order valence-electron chi connectivity index (χ0n) is 8.46. The van der Waals surface area contributed by atoms with Crippen LogP contribution < -0.4 is 0 Å². The van der Waals surface area contributed by atoms with Gasteiger partial charge in [0, 0.05) is 18.6 Å². The molecule has 0 saturated carbocycles. The van der Waals surface area contributed by atoms with Crippen LogP contribution in [0, 0.1) is 0 Å². The van der Waals surface area contributed by atoms with E-state index in [0.29, 0.717) is 11.4 Å². The van der Waals surface area contributed by atoms with Crippen LogP contribution in [0.4, 0.5) is 0 Å². The molecule has 1 aromatic rings. The fourth-order valence-corrected chi connectivity index (χ4v) is 1.35. The molecule has 1 rings (SSSR count). The Morgan fingerprint density at radius 2 is 2.21 bits per heavy atom. The first-order valence-corrected chi connectivity index (χ1v) is 4.99. The lowest BCUT2D eigenvalue weighted by Crippen LogP contribution is -2.27. The largest absolute Gasteiger partial charge is 0.346 e. The first-order valence-electron chi connectivity index (χ1n) is 4.62. The molecule has 0 heterocycles. The number of hydrogen-bond donors (Lipinski definition) is 0. The second kappa shape index (κ2) is 5.01. The molecule has 0 atom stereocenters. The molecule has 0 aliphatic heterocycles. The van der Waals surface area contributed by atoms with Crippen molar-refractivity contribution in [3.63, 3.8) is 0 Å². The summed E-state index contributed by atoms with van der Waals surface area (Å²) in [5, 5.41) is 0.675. The molecular formula is C11H14ClNO. The summed E-state index contributed by atoms with van der Waals surface area (Å²) in [6.07, 6.45) is 0.422. The molecule has 0 radical (unpaired) electrons. The quantitative estimate of drug-likeness (QED) is 0.752.